The van der Waals surface area contributed by atoms with Gasteiger partial charge in [0.05, 0.1) is 6.04 Å². The van der Waals surface area contributed by atoms with Crippen LogP contribution in [0.15, 0.2) is 54.9 Å². The molecule has 1 aromatic heterocycles. The highest BCUT2D eigenvalue weighted by molar-refractivity contribution is 5.75. The molecule has 2 N–H and O–H groups in total. The van der Waals surface area contributed by atoms with Gasteiger partial charge in [-0.25, -0.2) is 4.79 Å². The van der Waals surface area contributed by atoms with Crippen LogP contribution < -0.4 is 10.6 Å². The van der Waals surface area contributed by atoms with Gasteiger partial charge in [-0.1, -0.05) is 43.7 Å². The zero-order valence-electron chi connectivity index (χ0n) is 12.3. The summed E-state index contributed by atoms with van der Waals surface area (Å²) in [5.41, 5.74) is 2.07. The van der Waals surface area contributed by atoms with Gasteiger partial charge in [0, 0.05) is 18.9 Å². The van der Waals surface area contributed by atoms with E-state index in [2.05, 4.69) is 22.5 Å². The number of hydrogen-bond donors (Lipinski definition) is 2. The van der Waals surface area contributed by atoms with Crippen molar-refractivity contribution in [2.45, 2.75) is 25.8 Å². The van der Waals surface area contributed by atoms with Crippen LogP contribution in [0.1, 0.15) is 36.9 Å². The van der Waals surface area contributed by atoms with Gasteiger partial charge >= 0.3 is 6.03 Å². The lowest BCUT2D eigenvalue weighted by Crippen LogP contribution is -2.38. The second-order valence-corrected chi connectivity index (χ2v) is 4.88. The van der Waals surface area contributed by atoms with Gasteiger partial charge in [-0.3, -0.25) is 4.98 Å². The number of amides is 2. The summed E-state index contributed by atoms with van der Waals surface area (Å²) < 4.78 is 0. The number of nitrogens with zero attached hydrogens (tertiary/aromatic N) is 1. The van der Waals surface area contributed by atoms with Crippen molar-refractivity contribution < 1.29 is 4.79 Å². The SMILES string of the molecule is CCCCNC(=O)NC(c1ccccc1)c1ccncc1. The van der Waals surface area contributed by atoms with Crippen LogP contribution in [-0.4, -0.2) is 17.6 Å². The fourth-order valence-electron chi connectivity index (χ4n) is 2.12. The molecule has 4 heteroatoms. The summed E-state index contributed by atoms with van der Waals surface area (Å²) in [4.78, 5) is 16.1. The van der Waals surface area contributed by atoms with Crippen LogP contribution >= 0.6 is 0 Å². The van der Waals surface area contributed by atoms with Gasteiger partial charge in [0.15, 0.2) is 0 Å². The molecule has 0 fully saturated rings. The monoisotopic (exact) mass is 283 g/mol. The van der Waals surface area contributed by atoms with Crippen LogP contribution in [-0.2, 0) is 0 Å². The third-order valence-corrected chi connectivity index (χ3v) is 3.26. The molecule has 1 aromatic carbocycles. The molecule has 1 heterocycles. The molecular weight excluding hydrogens is 262 g/mol. The second-order valence-electron chi connectivity index (χ2n) is 4.88. The number of unbranched alkanes of at least 4 members (excludes halogenated alkanes) is 1. The molecule has 1 unspecified atom stereocenters. The van der Waals surface area contributed by atoms with Gasteiger partial charge in [-0.05, 0) is 29.7 Å². The summed E-state index contributed by atoms with van der Waals surface area (Å²) >= 11 is 0. The molecule has 0 radical (unpaired) electrons. The molecule has 0 bridgehead atoms. The summed E-state index contributed by atoms with van der Waals surface area (Å²) in [5, 5.41) is 5.92. The molecule has 0 saturated carbocycles. The molecule has 4 nitrogen and oxygen atoms in total. The Morgan fingerprint density at radius 2 is 1.76 bits per heavy atom. The lowest BCUT2D eigenvalue weighted by molar-refractivity contribution is 0.238. The van der Waals surface area contributed by atoms with E-state index in [0.717, 1.165) is 24.0 Å². The Labute approximate surface area is 125 Å². The minimum Gasteiger partial charge on any atom is -0.338 e. The van der Waals surface area contributed by atoms with E-state index in [1.165, 1.54) is 0 Å². The van der Waals surface area contributed by atoms with Gasteiger partial charge in [0.25, 0.3) is 0 Å². The largest absolute Gasteiger partial charge is 0.338 e. The van der Waals surface area contributed by atoms with E-state index in [-0.39, 0.29) is 12.1 Å². The van der Waals surface area contributed by atoms with E-state index in [0.29, 0.717) is 6.54 Å². The second kappa shape index (κ2) is 8.04. The summed E-state index contributed by atoms with van der Waals surface area (Å²) in [5.74, 6) is 0. The highest BCUT2D eigenvalue weighted by Gasteiger charge is 2.16. The predicted molar refractivity (Wildman–Crippen MR) is 84.0 cm³/mol. The van der Waals surface area contributed by atoms with E-state index in [4.69, 9.17) is 0 Å². The smallest absolute Gasteiger partial charge is 0.315 e. The molecular formula is C17H21N3O. The maximum atomic E-state index is 12.0. The minimum atomic E-state index is -0.171. The quantitative estimate of drug-likeness (QED) is 0.799. The zero-order chi connectivity index (χ0) is 14.9. The van der Waals surface area contributed by atoms with Crippen molar-refractivity contribution in [3.8, 4) is 0 Å². The highest BCUT2D eigenvalue weighted by Crippen LogP contribution is 2.21. The minimum absolute atomic E-state index is 0.144. The number of nitrogens with one attached hydrogen (secondary N) is 2. The average molecular weight is 283 g/mol. The Bertz CT molecular complexity index is 503. The number of carbonyl (C=O) groups excluding carboxylic acids is 1. The molecule has 2 rings (SSSR count). The molecule has 1 atom stereocenters. The van der Waals surface area contributed by atoms with Crippen molar-refractivity contribution in [2.24, 2.45) is 0 Å². The fraction of sp³-hybridized carbons (Fsp3) is 0.294. The molecule has 0 saturated heterocycles. The van der Waals surface area contributed by atoms with E-state index >= 15 is 0 Å². The Morgan fingerprint density at radius 3 is 2.43 bits per heavy atom. The van der Waals surface area contributed by atoms with Gasteiger partial charge in [0.1, 0.15) is 0 Å². The normalized spacial score (nSPS) is 11.7. The zero-order valence-corrected chi connectivity index (χ0v) is 12.3. The van der Waals surface area contributed by atoms with Gasteiger partial charge < -0.3 is 10.6 Å². The number of carbonyl (C=O) groups is 1. The number of aromatic nitrogens is 1. The molecule has 0 aliphatic carbocycles. The number of urea groups is 1. The first-order valence-corrected chi connectivity index (χ1v) is 7.30. The number of benzene rings is 1. The maximum absolute atomic E-state index is 12.0. The number of pyridine rings is 1. The molecule has 2 aromatic rings. The molecule has 21 heavy (non-hydrogen) atoms. The van der Waals surface area contributed by atoms with Crippen LogP contribution in [0.5, 0.6) is 0 Å². The van der Waals surface area contributed by atoms with Gasteiger partial charge in [-0.2, -0.15) is 0 Å². The number of rotatable bonds is 6. The van der Waals surface area contributed by atoms with Gasteiger partial charge in [0.2, 0.25) is 0 Å². The van der Waals surface area contributed by atoms with E-state index in [9.17, 15) is 4.79 Å². The highest BCUT2D eigenvalue weighted by atomic mass is 16.2. The molecule has 0 spiro atoms. The first kappa shape index (κ1) is 15.0. The van der Waals surface area contributed by atoms with Crippen molar-refractivity contribution in [2.75, 3.05) is 6.54 Å². The molecule has 110 valence electrons. The Kier molecular flexibility index (Phi) is 5.76. The third-order valence-electron chi connectivity index (χ3n) is 3.26. The van der Waals surface area contributed by atoms with Crippen LogP contribution in [0.3, 0.4) is 0 Å². The fourth-order valence-corrected chi connectivity index (χ4v) is 2.12. The van der Waals surface area contributed by atoms with Crippen molar-refractivity contribution >= 4 is 6.03 Å². The Hall–Kier alpha value is -2.36. The van der Waals surface area contributed by atoms with Crippen molar-refractivity contribution in [3.63, 3.8) is 0 Å². The predicted octanol–water partition coefficient (Wildman–Crippen LogP) is 3.27. The standard InChI is InChI=1S/C17H21N3O/c1-2-3-11-19-17(21)20-16(14-7-5-4-6-8-14)15-9-12-18-13-10-15/h4-10,12-13,16H,2-3,11H2,1H3,(H2,19,20,21). The summed E-state index contributed by atoms with van der Waals surface area (Å²) in [6.45, 7) is 2.80. The van der Waals surface area contributed by atoms with Crippen LogP contribution in [0, 0.1) is 0 Å². The van der Waals surface area contributed by atoms with Crippen LogP contribution in [0.2, 0.25) is 0 Å². The van der Waals surface area contributed by atoms with E-state index < -0.39 is 0 Å². The van der Waals surface area contributed by atoms with E-state index in [1.807, 2.05) is 42.5 Å². The average Bonchev–Trinajstić information content (AvgIpc) is 2.54. The van der Waals surface area contributed by atoms with E-state index in [1.54, 1.807) is 12.4 Å². The lowest BCUT2D eigenvalue weighted by Gasteiger charge is -2.20. The van der Waals surface area contributed by atoms with Crippen molar-refractivity contribution in [3.05, 3.63) is 66.0 Å². The van der Waals surface area contributed by atoms with Crippen LogP contribution in [0.4, 0.5) is 4.79 Å². The number of hydrogen-bond acceptors (Lipinski definition) is 2. The Balaban J connectivity index is 2.12. The van der Waals surface area contributed by atoms with Crippen molar-refractivity contribution in [1.82, 2.24) is 15.6 Å². The molecule has 0 aliphatic heterocycles. The third kappa shape index (κ3) is 4.60. The summed E-state index contributed by atoms with van der Waals surface area (Å²) in [6.07, 6.45) is 5.52. The first-order chi connectivity index (χ1) is 10.3. The first-order valence-electron chi connectivity index (χ1n) is 7.30. The summed E-state index contributed by atoms with van der Waals surface area (Å²) in [7, 11) is 0. The summed E-state index contributed by atoms with van der Waals surface area (Å²) in [6, 6.07) is 13.5. The topological polar surface area (TPSA) is 54.0 Å². The van der Waals surface area contributed by atoms with Gasteiger partial charge in [-0.15, -0.1) is 0 Å². The Morgan fingerprint density at radius 1 is 1.10 bits per heavy atom. The molecule has 0 aliphatic rings. The van der Waals surface area contributed by atoms with Crippen LogP contribution in [0.25, 0.3) is 0 Å². The van der Waals surface area contributed by atoms with Crippen molar-refractivity contribution in [1.29, 1.82) is 0 Å². The molecule has 2 amide bonds. The lowest BCUT2D eigenvalue weighted by atomic mass is 10.00. The maximum Gasteiger partial charge on any atom is 0.315 e.